The normalized spacial score (nSPS) is 21.4. The molecule has 9 heteroatoms. The molecule has 0 aromatic heterocycles. The summed E-state index contributed by atoms with van der Waals surface area (Å²) in [5.74, 6) is -3.91. The van der Waals surface area contributed by atoms with Crippen LogP contribution in [0.3, 0.4) is 0 Å². The van der Waals surface area contributed by atoms with Crippen LogP contribution in [0, 0.1) is 11.6 Å². The molecule has 0 bridgehead atoms. The van der Waals surface area contributed by atoms with Gasteiger partial charge in [-0.3, -0.25) is 14.6 Å². The molecule has 0 spiro atoms. The van der Waals surface area contributed by atoms with Crippen LogP contribution in [0.5, 0.6) is 0 Å². The molecule has 2 aromatic rings. The molecule has 6 nitrogen and oxygen atoms in total. The van der Waals surface area contributed by atoms with Gasteiger partial charge in [-0.15, -0.1) is 0 Å². The molecule has 0 radical (unpaired) electrons. The second-order valence-corrected chi connectivity index (χ2v) is 8.68. The van der Waals surface area contributed by atoms with E-state index in [4.69, 9.17) is 0 Å². The predicted molar refractivity (Wildman–Crippen MR) is 114 cm³/mol. The number of hydrazine groups is 1. The average molecular weight is 492 g/mol. The standard InChI is InChI=1S/C22H20BrF2N3O3/c1-22-10-3-11-28(22)27(12-13-4-2-5-16(24)18(13)25)21(31)17(19(22)29)20(30)26-15-8-6-14(23)7-9-15/h2,4-9,29H,3,10-12H2,1H3,(H,26,30)/t22-/m1/s1. The highest BCUT2D eigenvalue weighted by molar-refractivity contribution is 9.10. The second-order valence-electron chi connectivity index (χ2n) is 7.76. The van der Waals surface area contributed by atoms with Crippen LogP contribution in [0.4, 0.5) is 14.5 Å². The number of halogens is 3. The maximum Gasteiger partial charge on any atom is 0.277 e. The zero-order valence-corrected chi connectivity index (χ0v) is 18.2. The molecule has 2 N–H and O–H groups in total. The molecule has 2 heterocycles. The maximum atomic E-state index is 14.3. The Morgan fingerprint density at radius 3 is 2.65 bits per heavy atom. The lowest BCUT2D eigenvalue weighted by Gasteiger charge is -2.46. The van der Waals surface area contributed by atoms with Crippen LogP contribution in [0.25, 0.3) is 0 Å². The van der Waals surface area contributed by atoms with Crippen LogP contribution in [-0.4, -0.2) is 39.0 Å². The number of nitrogens with zero attached hydrogens (tertiary/aromatic N) is 2. The van der Waals surface area contributed by atoms with E-state index in [-0.39, 0.29) is 17.9 Å². The van der Waals surface area contributed by atoms with Gasteiger partial charge in [0.15, 0.2) is 11.6 Å². The number of carbonyl (C=O) groups excluding carboxylic acids is 2. The highest BCUT2D eigenvalue weighted by Gasteiger charge is 2.52. The summed E-state index contributed by atoms with van der Waals surface area (Å²) in [5, 5.41) is 16.4. The number of anilines is 1. The highest BCUT2D eigenvalue weighted by Crippen LogP contribution is 2.41. The van der Waals surface area contributed by atoms with Gasteiger partial charge in [0.1, 0.15) is 11.3 Å². The molecule has 31 heavy (non-hydrogen) atoms. The number of aliphatic hydroxyl groups excluding tert-OH is 1. The third-order valence-corrected chi connectivity index (χ3v) is 6.30. The molecule has 0 saturated carbocycles. The monoisotopic (exact) mass is 491 g/mol. The zero-order chi connectivity index (χ0) is 22.3. The van der Waals surface area contributed by atoms with Crippen LogP contribution in [0.1, 0.15) is 25.3 Å². The molecule has 0 aliphatic carbocycles. The first-order valence-electron chi connectivity index (χ1n) is 9.75. The van der Waals surface area contributed by atoms with Crippen molar-refractivity contribution < 1.29 is 23.5 Å². The largest absolute Gasteiger partial charge is 0.509 e. The van der Waals surface area contributed by atoms with Gasteiger partial charge in [0.05, 0.1) is 12.1 Å². The van der Waals surface area contributed by atoms with Crippen molar-refractivity contribution in [1.29, 1.82) is 0 Å². The van der Waals surface area contributed by atoms with Crippen LogP contribution in [0.15, 0.2) is 58.3 Å². The quantitative estimate of drug-likeness (QED) is 0.625. The van der Waals surface area contributed by atoms with Gasteiger partial charge in [-0.05, 0) is 50.1 Å². The number of fused-ring (bicyclic) bond motifs is 1. The molecule has 2 aromatic carbocycles. The van der Waals surface area contributed by atoms with Crippen molar-refractivity contribution in [2.45, 2.75) is 31.8 Å². The van der Waals surface area contributed by atoms with Crippen LogP contribution in [0.2, 0.25) is 0 Å². The van der Waals surface area contributed by atoms with Crippen molar-refractivity contribution in [2.24, 2.45) is 0 Å². The van der Waals surface area contributed by atoms with Crippen molar-refractivity contribution in [1.82, 2.24) is 10.0 Å². The third kappa shape index (κ3) is 3.72. The molecule has 1 atom stereocenters. The number of benzene rings is 2. The lowest BCUT2D eigenvalue weighted by atomic mass is 9.90. The molecule has 162 valence electrons. The van der Waals surface area contributed by atoms with Gasteiger partial charge in [-0.1, -0.05) is 28.1 Å². The van der Waals surface area contributed by atoms with Gasteiger partial charge in [0.2, 0.25) is 0 Å². The van der Waals surface area contributed by atoms with Crippen LogP contribution < -0.4 is 5.32 Å². The summed E-state index contributed by atoms with van der Waals surface area (Å²) in [6.45, 7) is 1.90. The Morgan fingerprint density at radius 1 is 1.23 bits per heavy atom. The fourth-order valence-corrected chi connectivity index (χ4v) is 4.37. The summed E-state index contributed by atoms with van der Waals surface area (Å²) in [5.41, 5.74) is -0.968. The van der Waals surface area contributed by atoms with E-state index in [2.05, 4.69) is 21.2 Å². The molecule has 0 unspecified atom stereocenters. The number of hydrogen-bond donors (Lipinski definition) is 2. The Kier molecular flexibility index (Phi) is 5.57. The summed E-state index contributed by atoms with van der Waals surface area (Å²) >= 11 is 3.31. The van der Waals surface area contributed by atoms with Crippen molar-refractivity contribution in [3.05, 3.63) is 75.5 Å². The fourth-order valence-electron chi connectivity index (χ4n) is 4.11. The van der Waals surface area contributed by atoms with Crippen LogP contribution in [-0.2, 0) is 16.1 Å². The molecule has 4 rings (SSSR count). The van der Waals surface area contributed by atoms with Crippen molar-refractivity contribution >= 4 is 33.4 Å². The molecular weight excluding hydrogens is 472 g/mol. The van der Waals surface area contributed by atoms with Gasteiger partial charge in [0.25, 0.3) is 11.8 Å². The number of rotatable bonds is 4. The van der Waals surface area contributed by atoms with Gasteiger partial charge >= 0.3 is 0 Å². The first-order chi connectivity index (χ1) is 14.7. The second kappa shape index (κ2) is 8.05. The van der Waals surface area contributed by atoms with E-state index in [1.165, 1.54) is 17.1 Å². The highest BCUT2D eigenvalue weighted by atomic mass is 79.9. The predicted octanol–water partition coefficient (Wildman–Crippen LogP) is 4.29. The van der Waals surface area contributed by atoms with Gasteiger partial charge in [0, 0.05) is 22.3 Å². The topological polar surface area (TPSA) is 72.9 Å². The lowest BCUT2D eigenvalue weighted by molar-refractivity contribution is -0.160. The van der Waals surface area contributed by atoms with Crippen molar-refractivity contribution in [2.75, 3.05) is 11.9 Å². The van der Waals surface area contributed by atoms with Crippen molar-refractivity contribution in [3.63, 3.8) is 0 Å². The minimum atomic E-state index is -1.05. The summed E-state index contributed by atoms with van der Waals surface area (Å²) in [4.78, 5) is 26.3. The number of hydrogen-bond acceptors (Lipinski definition) is 4. The number of amides is 2. The zero-order valence-electron chi connectivity index (χ0n) is 16.7. The molecule has 2 aliphatic heterocycles. The number of nitrogens with one attached hydrogen (secondary N) is 1. The molecule has 2 aliphatic rings. The average Bonchev–Trinajstić information content (AvgIpc) is 3.13. The van der Waals surface area contributed by atoms with E-state index in [1.54, 1.807) is 36.2 Å². The SMILES string of the molecule is C[C@]12CCCN1N(Cc1cccc(F)c1F)C(=O)C(C(=O)Nc1ccc(Br)cc1)=C2O. The summed E-state index contributed by atoms with van der Waals surface area (Å²) in [7, 11) is 0. The Morgan fingerprint density at radius 2 is 1.94 bits per heavy atom. The molecular formula is C22H20BrF2N3O3. The minimum absolute atomic E-state index is 0.0170. The summed E-state index contributed by atoms with van der Waals surface area (Å²) in [6, 6.07) is 10.5. The Balaban J connectivity index is 1.70. The van der Waals surface area contributed by atoms with E-state index in [1.807, 2.05) is 0 Å². The van der Waals surface area contributed by atoms with Crippen molar-refractivity contribution in [3.8, 4) is 0 Å². The molecule has 1 fully saturated rings. The van der Waals surface area contributed by atoms with E-state index in [0.717, 1.165) is 10.5 Å². The summed E-state index contributed by atoms with van der Waals surface area (Å²) in [6.07, 6.45) is 1.17. The third-order valence-electron chi connectivity index (χ3n) is 5.77. The van der Waals surface area contributed by atoms with E-state index >= 15 is 0 Å². The Labute approximate surface area is 186 Å². The van der Waals surface area contributed by atoms with E-state index in [9.17, 15) is 23.5 Å². The minimum Gasteiger partial charge on any atom is -0.509 e. The van der Waals surface area contributed by atoms with E-state index in [0.29, 0.717) is 25.1 Å². The van der Waals surface area contributed by atoms with Gasteiger partial charge < -0.3 is 10.4 Å². The maximum absolute atomic E-state index is 14.3. The Bertz CT molecular complexity index is 1090. The van der Waals surface area contributed by atoms with Gasteiger partial charge in [-0.25, -0.2) is 13.8 Å². The molecule has 2 amide bonds. The van der Waals surface area contributed by atoms with E-state index < -0.39 is 34.6 Å². The lowest BCUT2D eigenvalue weighted by Crippen LogP contribution is -2.60. The summed E-state index contributed by atoms with van der Waals surface area (Å²) < 4.78 is 28.8. The Hall–Kier alpha value is -2.78. The fraction of sp³-hybridized carbons (Fsp3) is 0.273. The van der Waals surface area contributed by atoms with Gasteiger partial charge in [-0.2, -0.15) is 0 Å². The molecule has 1 saturated heterocycles. The first-order valence-corrected chi connectivity index (χ1v) is 10.5. The van der Waals surface area contributed by atoms with Crippen LogP contribution >= 0.6 is 15.9 Å². The first kappa shape index (κ1) is 21.5. The number of aliphatic hydroxyl groups is 1. The number of carbonyl (C=O) groups is 2. The smallest absolute Gasteiger partial charge is 0.277 e.